The van der Waals surface area contributed by atoms with E-state index in [1.165, 1.54) is 12.8 Å². The van der Waals surface area contributed by atoms with Gasteiger partial charge >= 0.3 is 6.18 Å². The molecule has 0 radical (unpaired) electrons. The number of nitrogens with zero attached hydrogens (tertiary/aromatic N) is 1. The Morgan fingerprint density at radius 2 is 2.00 bits per heavy atom. The Bertz CT molecular complexity index is 256. The van der Waals surface area contributed by atoms with E-state index < -0.39 is 12.8 Å². The summed E-state index contributed by atoms with van der Waals surface area (Å²) in [5.74, 6) is 0.550. The van der Waals surface area contributed by atoms with Crippen LogP contribution in [0.15, 0.2) is 0 Å². The molecular weight excluding hydrogens is 245 g/mol. The van der Waals surface area contributed by atoms with Gasteiger partial charge in [0.05, 0.1) is 6.73 Å². The van der Waals surface area contributed by atoms with Gasteiger partial charge in [0.2, 0.25) is 0 Å². The molecule has 1 saturated carbocycles. The van der Waals surface area contributed by atoms with E-state index >= 15 is 0 Å². The van der Waals surface area contributed by atoms with Gasteiger partial charge in [0, 0.05) is 19.1 Å². The number of hydrogen-bond acceptors (Lipinski definition) is 3. The molecule has 2 rings (SSSR count). The normalized spacial score (nSPS) is 26.5. The minimum absolute atomic E-state index is 0.0967. The number of rotatable bonds is 6. The molecule has 1 atom stereocenters. The van der Waals surface area contributed by atoms with Crippen LogP contribution in [-0.4, -0.2) is 50.1 Å². The van der Waals surface area contributed by atoms with Crippen molar-refractivity contribution in [1.82, 2.24) is 10.2 Å². The highest BCUT2D eigenvalue weighted by Gasteiger charge is 2.29. The molecule has 1 N–H and O–H groups in total. The molecule has 6 heteroatoms. The van der Waals surface area contributed by atoms with Crippen molar-refractivity contribution in [1.29, 1.82) is 0 Å². The van der Waals surface area contributed by atoms with Gasteiger partial charge in [-0.25, -0.2) is 0 Å². The van der Waals surface area contributed by atoms with Crippen LogP contribution < -0.4 is 5.32 Å². The number of likely N-dealkylation sites (tertiary alicyclic amines) is 1. The van der Waals surface area contributed by atoms with Crippen LogP contribution in [0.1, 0.15) is 25.7 Å². The predicted octanol–water partition coefficient (Wildman–Crippen LogP) is 1.99. The van der Waals surface area contributed by atoms with Crippen LogP contribution in [0.3, 0.4) is 0 Å². The highest BCUT2D eigenvalue weighted by atomic mass is 19.4. The minimum atomic E-state index is -4.22. The standard InChI is InChI=1S/C12H21F3N2O/c13-12(14,15)8-18-9-17-5-1-2-10(7-17)6-16-11-3-4-11/h10-11,16H,1-9H2. The van der Waals surface area contributed by atoms with Crippen molar-refractivity contribution in [2.75, 3.05) is 33.0 Å². The van der Waals surface area contributed by atoms with Crippen LogP contribution in [0, 0.1) is 5.92 Å². The zero-order valence-corrected chi connectivity index (χ0v) is 10.5. The van der Waals surface area contributed by atoms with Gasteiger partial charge < -0.3 is 10.1 Å². The number of nitrogens with one attached hydrogen (secondary N) is 1. The van der Waals surface area contributed by atoms with Crippen LogP contribution in [-0.2, 0) is 4.74 Å². The van der Waals surface area contributed by atoms with Gasteiger partial charge in [0.1, 0.15) is 6.61 Å². The first-order chi connectivity index (χ1) is 8.53. The molecule has 18 heavy (non-hydrogen) atoms. The van der Waals surface area contributed by atoms with Gasteiger partial charge in [0.25, 0.3) is 0 Å². The van der Waals surface area contributed by atoms with Gasteiger partial charge in [-0.1, -0.05) is 0 Å². The summed E-state index contributed by atoms with van der Waals surface area (Å²) in [6.45, 7) is 1.63. The molecule has 3 nitrogen and oxygen atoms in total. The van der Waals surface area contributed by atoms with E-state index in [2.05, 4.69) is 5.32 Å². The number of alkyl halides is 3. The lowest BCUT2D eigenvalue weighted by molar-refractivity contribution is -0.184. The maximum absolute atomic E-state index is 11.9. The van der Waals surface area contributed by atoms with Gasteiger partial charge in [-0.3, -0.25) is 4.90 Å². The van der Waals surface area contributed by atoms with Crippen molar-refractivity contribution in [3.8, 4) is 0 Å². The average molecular weight is 266 g/mol. The van der Waals surface area contributed by atoms with Gasteiger partial charge in [0.15, 0.2) is 0 Å². The highest BCUT2D eigenvalue weighted by Crippen LogP contribution is 2.21. The molecule has 1 saturated heterocycles. The molecule has 0 amide bonds. The fourth-order valence-corrected chi connectivity index (χ4v) is 2.35. The van der Waals surface area contributed by atoms with E-state index in [0.717, 1.165) is 32.5 Å². The second-order valence-electron chi connectivity index (χ2n) is 5.36. The summed E-state index contributed by atoms with van der Waals surface area (Å²) in [6.07, 6.45) is 0.529. The molecule has 1 aliphatic heterocycles. The molecule has 0 aromatic carbocycles. The van der Waals surface area contributed by atoms with Crippen molar-refractivity contribution in [3.05, 3.63) is 0 Å². The molecule has 1 aliphatic carbocycles. The van der Waals surface area contributed by atoms with Crippen LogP contribution >= 0.6 is 0 Å². The monoisotopic (exact) mass is 266 g/mol. The van der Waals surface area contributed by atoms with E-state index in [4.69, 9.17) is 4.74 Å². The van der Waals surface area contributed by atoms with E-state index in [-0.39, 0.29) is 6.73 Å². The third-order valence-corrected chi connectivity index (χ3v) is 3.42. The Morgan fingerprint density at radius 1 is 1.22 bits per heavy atom. The molecular formula is C12H21F3N2O. The molecule has 2 aliphatic rings. The topological polar surface area (TPSA) is 24.5 Å². The predicted molar refractivity (Wildman–Crippen MR) is 62.2 cm³/mol. The maximum Gasteiger partial charge on any atom is 0.411 e. The van der Waals surface area contributed by atoms with E-state index in [1.54, 1.807) is 0 Å². The van der Waals surface area contributed by atoms with Crippen molar-refractivity contribution in [2.24, 2.45) is 5.92 Å². The zero-order chi connectivity index (χ0) is 13.0. The van der Waals surface area contributed by atoms with Crippen LogP contribution in [0.5, 0.6) is 0 Å². The van der Waals surface area contributed by atoms with Gasteiger partial charge in [-0.05, 0) is 38.1 Å². The molecule has 1 heterocycles. The summed E-state index contributed by atoms with van der Waals surface area (Å²) in [7, 11) is 0. The molecule has 0 bridgehead atoms. The molecule has 0 aromatic heterocycles. The third kappa shape index (κ3) is 5.54. The lowest BCUT2D eigenvalue weighted by Crippen LogP contribution is -2.41. The molecule has 106 valence electrons. The summed E-state index contributed by atoms with van der Waals surface area (Å²) in [5.41, 5.74) is 0. The number of ether oxygens (including phenoxy) is 1. The smallest absolute Gasteiger partial charge is 0.357 e. The van der Waals surface area contributed by atoms with Crippen molar-refractivity contribution in [2.45, 2.75) is 37.9 Å². The lowest BCUT2D eigenvalue weighted by atomic mass is 9.98. The van der Waals surface area contributed by atoms with Gasteiger partial charge in [-0.2, -0.15) is 13.2 Å². The summed E-state index contributed by atoms with van der Waals surface area (Å²) < 4.78 is 40.6. The Balaban J connectivity index is 1.59. The second kappa shape index (κ2) is 6.21. The molecule has 0 spiro atoms. The lowest BCUT2D eigenvalue weighted by Gasteiger charge is -2.32. The fourth-order valence-electron chi connectivity index (χ4n) is 2.35. The molecule has 0 aromatic rings. The highest BCUT2D eigenvalue weighted by molar-refractivity contribution is 4.83. The van der Waals surface area contributed by atoms with E-state index in [1.807, 2.05) is 4.90 Å². The average Bonchev–Trinajstić information content (AvgIpc) is 3.09. The number of piperidine rings is 1. The van der Waals surface area contributed by atoms with E-state index in [9.17, 15) is 13.2 Å². The Kier molecular flexibility index (Phi) is 4.86. The summed E-state index contributed by atoms with van der Waals surface area (Å²) >= 11 is 0. The van der Waals surface area contributed by atoms with Crippen LogP contribution in [0.4, 0.5) is 13.2 Å². The first-order valence-corrected chi connectivity index (χ1v) is 6.63. The Hall–Kier alpha value is -0.330. The first kappa shape index (κ1) is 14.1. The number of halogens is 3. The summed E-state index contributed by atoms with van der Waals surface area (Å²) in [5, 5.41) is 3.48. The van der Waals surface area contributed by atoms with Crippen LogP contribution in [0.2, 0.25) is 0 Å². The Labute approximate surface area is 106 Å². The first-order valence-electron chi connectivity index (χ1n) is 6.63. The third-order valence-electron chi connectivity index (χ3n) is 3.42. The quantitative estimate of drug-likeness (QED) is 0.795. The van der Waals surface area contributed by atoms with E-state index in [0.29, 0.717) is 12.0 Å². The van der Waals surface area contributed by atoms with Crippen LogP contribution in [0.25, 0.3) is 0 Å². The fraction of sp³-hybridized carbons (Fsp3) is 1.00. The minimum Gasteiger partial charge on any atom is -0.357 e. The van der Waals surface area contributed by atoms with Crippen molar-refractivity contribution >= 4 is 0 Å². The van der Waals surface area contributed by atoms with Gasteiger partial charge in [-0.15, -0.1) is 0 Å². The van der Waals surface area contributed by atoms with Crippen molar-refractivity contribution < 1.29 is 17.9 Å². The zero-order valence-electron chi connectivity index (χ0n) is 10.5. The maximum atomic E-state index is 11.9. The SMILES string of the molecule is FC(F)(F)COCN1CCCC(CNC2CC2)C1. The number of hydrogen-bond donors (Lipinski definition) is 1. The Morgan fingerprint density at radius 3 is 2.67 bits per heavy atom. The molecule has 1 unspecified atom stereocenters. The molecule has 2 fully saturated rings. The van der Waals surface area contributed by atoms with Crippen molar-refractivity contribution in [3.63, 3.8) is 0 Å². The second-order valence-corrected chi connectivity index (χ2v) is 5.36. The summed E-state index contributed by atoms with van der Waals surface area (Å²) in [4.78, 5) is 1.98. The largest absolute Gasteiger partial charge is 0.411 e. The summed E-state index contributed by atoms with van der Waals surface area (Å²) in [6, 6.07) is 0.696.